The van der Waals surface area contributed by atoms with Crippen molar-refractivity contribution in [3.8, 4) is 34.5 Å². The Morgan fingerprint density at radius 3 is 1.71 bits per heavy atom. The molecule has 0 radical (unpaired) electrons. The SMILES string of the molecule is COc1cccc(Oc2cc(Cl)ccc2CCNNCCc2cc(C)c(Br)cc2Oc2cccc(OC)c2C)c1C. The van der Waals surface area contributed by atoms with E-state index in [2.05, 4.69) is 39.8 Å². The van der Waals surface area contributed by atoms with Crippen molar-refractivity contribution in [3.05, 3.63) is 104 Å². The van der Waals surface area contributed by atoms with Crippen molar-refractivity contribution in [3.63, 3.8) is 0 Å². The van der Waals surface area contributed by atoms with Gasteiger partial charge in [0.05, 0.1) is 14.2 Å². The second-order valence-electron chi connectivity index (χ2n) is 9.69. The first-order valence-electron chi connectivity index (χ1n) is 13.5. The van der Waals surface area contributed by atoms with E-state index in [1.807, 2.05) is 74.5 Å². The van der Waals surface area contributed by atoms with Gasteiger partial charge >= 0.3 is 0 Å². The molecule has 0 aliphatic rings. The van der Waals surface area contributed by atoms with Crippen LogP contribution in [0.5, 0.6) is 34.5 Å². The highest BCUT2D eigenvalue weighted by Crippen LogP contribution is 2.36. The van der Waals surface area contributed by atoms with Crippen LogP contribution in [-0.4, -0.2) is 27.3 Å². The van der Waals surface area contributed by atoms with Crippen LogP contribution in [0.4, 0.5) is 0 Å². The van der Waals surface area contributed by atoms with E-state index in [0.29, 0.717) is 11.6 Å². The summed E-state index contributed by atoms with van der Waals surface area (Å²) in [6, 6.07) is 21.5. The molecule has 0 amide bonds. The zero-order valence-corrected chi connectivity index (χ0v) is 26.4. The van der Waals surface area contributed by atoms with Gasteiger partial charge in [0.25, 0.3) is 0 Å². The summed E-state index contributed by atoms with van der Waals surface area (Å²) >= 11 is 9.95. The lowest BCUT2D eigenvalue weighted by atomic mass is 10.1. The molecule has 0 saturated carbocycles. The van der Waals surface area contributed by atoms with Crippen LogP contribution in [0.3, 0.4) is 0 Å². The van der Waals surface area contributed by atoms with Gasteiger partial charge in [0.1, 0.15) is 34.5 Å². The fraction of sp³-hybridized carbons (Fsp3) is 0.273. The third kappa shape index (κ3) is 7.95. The van der Waals surface area contributed by atoms with Crippen molar-refractivity contribution < 1.29 is 18.9 Å². The maximum absolute atomic E-state index is 6.36. The number of hydrazine groups is 1. The van der Waals surface area contributed by atoms with E-state index in [-0.39, 0.29) is 0 Å². The molecule has 216 valence electrons. The largest absolute Gasteiger partial charge is 0.496 e. The van der Waals surface area contributed by atoms with Crippen molar-refractivity contribution in [1.82, 2.24) is 10.9 Å². The number of nitrogens with one attached hydrogen (secondary N) is 2. The van der Waals surface area contributed by atoms with Gasteiger partial charge in [-0.1, -0.05) is 51.8 Å². The molecule has 6 nitrogen and oxygen atoms in total. The zero-order chi connectivity index (χ0) is 29.4. The minimum absolute atomic E-state index is 0.627. The van der Waals surface area contributed by atoms with Crippen LogP contribution in [0.25, 0.3) is 0 Å². The summed E-state index contributed by atoms with van der Waals surface area (Å²) in [5.74, 6) is 4.65. The molecular formula is C33H36BrClN2O4. The first-order valence-corrected chi connectivity index (χ1v) is 14.6. The lowest BCUT2D eigenvalue weighted by Gasteiger charge is -2.17. The maximum Gasteiger partial charge on any atom is 0.134 e. The Kier molecular flexibility index (Phi) is 10.9. The molecule has 8 heteroatoms. The lowest BCUT2D eigenvalue weighted by molar-refractivity contribution is 0.403. The first-order chi connectivity index (χ1) is 19.8. The quantitative estimate of drug-likeness (QED) is 0.113. The lowest BCUT2D eigenvalue weighted by Crippen LogP contribution is -2.35. The number of aryl methyl sites for hydroxylation is 1. The van der Waals surface area contributed by atoms with E-state index in [1.54, 1.807) is 14.2 Å². The van der Waals surface area contributed by atoms with Gasteiger partial charge in [-0.3, -0.25) is 10.9 Å². The zero-order valence-electron chi connectivity index (χ0n) is 24.1. The van der Waals surface area contributed by atoms with Gasteiger partial charge < -0.3 is 18.9 Å². The van der Waals surface area contributed by atoms with E-state index in [1.165, 1.54) is 0 Å². The summed E-state index contributed by atoms with van der Waals surface area (Å²) in [5, 5.41) is 0.627. The summed E-state index contributed by atoms with van der Waals surface area (Å²) < 4.78 is 24.5. The maximum atomic E-state index is 6.36. The average Bonchev–Trinajstić information content (AvgIpc) is 2.96. The minimum atomic E-state index is 0.627. The highest BCUT2D eigenvalue weighted by Gasteiger charge is 2.13. The van der Waals surface area contributed by atoms with Crippen molar-refractivity contribution in [2.45, 2.75) is 33.6 Å². The Balaban J connectivity index is 1.35. The molecule has 4 aromatic carbocycles. The Morgan fingerprint density at radius 1 is 0.634 bits per heavy atom. The average molecular weight is 640 g/mol. The van der Waals surface area contributed by atoms with Crippen molar-refractivity contribution in [2.75, 3.05) is 27.3 Å². The van der Waals surface area contributed by atoms with Gasteiger partial charge in [-0.25, -0.2) is 0 Å². The number of ether oxygens (including phenoxy) is 4. The van der Waals surface area contributed by atoms with E-state index < -0.39 is 0 Å². The van der Waals surface area contributed by atoms with Crippen LogP contribution in [0, 0.1) is 20.8 Å². The van der Waals surface area contributed by atoms with Gasteiger partial charge in [0.15, 0.2) is 0 Å². The molecule has 0 fully saturated rings. The van der Waals surface area contributed by atoms with Crippen LogP contribution in [0.1, 0.15) is 27.8 Å². The molecule has 4 aromatic rings. The minimum Gasteiger partial charge on any atom is -0.496 e. The molecule has 0 atom stereocenters. The molecule has 0 unspecified atom stereocenters. The van der Waals surface area contributed by atoms with Crippen molar-refractivity contribution in [2.24, 2.45) is 0 Å². The monoisotopic (exact) mass is 638 g/mol. The smallest absolute Gasteiger partial charge is 0.134 e. The number of hydrogen-bond donors (Lipinski definition) is 2. The van der Waals surface area contributed by atoms with Crippen LogP contribution >= 0.6 is 27.5 Å². The van der Waals surface area contributed by atoms with Crippen LogP contribution < -0.4 is 29.8 Å². The molecule has 2 N–H and O–H groups in total. The Morgan fingerprint density at radius 2 is 1.15 bits per heavy atom. The first kappa shape index (κ1) is 30.7. The molecule has 4 rings (SSSR count). The van der Waals surface area contributed by atoms with Gasteiger partial charge in [0, 0.05) is 33.7 Å². The third-order valence-corrected chi connectivity index (χ3v) is 7.97. The molecule has 41 heavy (non-hydrogen) atoms. The number of methoxy groups -OCH3 is 2. The summed E-state index contributed by atoms with van der Waals surface area (Å²) in [4.78, 5) is 0. The fourth-order valence-corrected chi connectivity index (χ4v) is 4.99. The molecule has 0 heterocycles. The Labute approximate surface area is 256 Å². The van der Waals surface area contributed by atoms with Crippen LogP contribution in [-0.2, 0) is 12.8 Å². The van der Waals surface area contributed by atoms with E-state index >= 15 is 0 Å². The van der Waals surface area contributed by atoms with Gasteiger partial charge in [-0.05, 0) is 92.8 Å². The summed E-state index contributed by atoms with van der Waals surface area (Å²) in [7, 11) is 3.32. The topological polar surface area (TPSA) is 61.0 Å². The van der Waals surface area contributed by atoms with Crippen LogP contribution in [0.2, 0.25) is 5.02 Å². The molecular weight excluding hydrogens is 604 g/mol. The van der Waals surface area contributed by atoms with Gasteiger partial charge in [0.2, 0.25) is 0 Å². The predicted molar refractivity (Wildman–Crippen MR) is 169 cm³/mol. The molecule has 0 spiro atoms. The fourth-order valence-electron chi connectivity index (χ4n) is 4.50. The standard InChI is InChI=1S/C33H36BrClN2O4/c1-21-18-25(33(20-27(21)34)41-31-11-7-9-29(39-5)23(31)3)15-17-37-36-16-14-24-12-13-26(35)19-32(24)40-30-10-6-8-28(38-4)22(30)2/h6-13,18-20,36-37H,14-17H2,1-5H3. The van der Waals surface area contributed by atoms with E-state index in [0.717, 1.165) is 86.2 Å². The van der Waals surface area contributed by atoms with Gasteiger partial charge in [-0.15, -0.1) is 0 Å². The summed E-state index contributed by atoms with van der Waals surface area (Å²) in [5.41, 5.74) is 11.9. The molecule has 0 aromatic heterocycles. The molecule has 0 aliphatic carbocycles. The number of halogens is 2. The van der Waals surface area contributed by atoms with E-state index in [4.69, 9.17) is 30.5 Å². The van der Waals surface area contributed by atoms with Crippen LogP contribution in [0.15, 0.2) is 71.2 Å². The Bertz CT molecular complexity index is 1490. The third-order valence-electron chi connectivity index (χ3n) is 6.88. The predicted octanol–water partition coefficient (Wildman–Crippen LogP) is 8.51. The number of benzene rings is 4. The molecule has 0 aliphatic heterocycles. The highest BCUT2D eigenvalue weighted by molar-refractivity contribution is 9.10. The molecule has 0 bridgehead atoms. The highest BCUT2D eigenvalue weighted by atomic mass is 79.9. The second-order valence-corrected chi connectivity index (χ2v) is 11.0. The normalized spacial score (nSPS) is 10.9. The second kappa shape index (κ2) is 14.6. The van der Waals surface area contributed by atoms with Gasteiger partial charge in [-0.2, -0.15) is 0 Å². The van der Waals surface area contributed by atoms with E-state index in [9.17, 15) is 0 Å². The molecule has 0 saturated heterocycles. The summed E-state index contributed by atoms with van der Waals surface area (Å²) in [6.07, 6.45) is 1.54. The van der Waals surface area contributed by atoms with Crippen molar-refractivity contribution in [1.29, 1.82) is 0 Å². The Hall–Kier alpha value is -3.23. The van der Waals surface area contributed by atoms with Crippen molar-refractivity contribution >= 4 is 27.5 Å². The number of rotatable bonds is 13. The number of hydrogen-bond acceptors (Lipinski definition) is 6. The summed E-state index contributed by atoms with van der Waals surface area (Å²) in [6.45, 7) is 7.49.